The molecule has 1 aromatic rings. The summed E-state index contributed by atoms with van der Waals surface area (Å²) in [4.78, 5) is 8.39. The molecule has 2 N–H and O–H groups in total. The van der Waals surface area contributed by atoms with Crippen LogP contribution in [0.25, 0.3) is 0 Å². The second-order valence-corrected chi connectivity index (χ2v) is 12.3. The minimum atomic E-state index is -0.642. The fourth-order valence-electron chi connectivity index (χ4n) is 9.28. The first kappa shape index (κ1) is 21.8. The lowest BCUT2D eigenvalue weighted by atomic mass is 9.44. The summed E-state index contributed by atoms with van der Waals surface area (Å²) in [5.41, 5.74) is 1.08. The van der Waals surface area contributed by atoms with Gasteiger partial charge in [-0.25, -0.2) is 9.97 Å². The second-order valence-electron chi connectivity index (χ2n) is 12.3. The average Bonchev–Trinajstić information content (AvgIpc) is 3.12. The normalized spacial score (nSPS) is 46.5. The molecular weight excluding hydrogens is 384 g/mol. The largest absolute Gasteiger partial charge is 0.393 e. The summed E-state index contributed by atoms with van der Waals surface area (Å²) in [6.07, 6.45) is 15.9. The van der Waals surface area contributed by atoms with Gasteiger partial charge in [-0.15, -0.1) is 0 Å². The number of nitrogens with zero attached hydrogens (tertiary/aromatic N) is 2. The summed E-state index contributed by atoms with van der Waals surface area (Å²) in [5.74, 6) is 3.49. The van der Waals surface area contributed by atoms with Crippen LogP contribution in [0.15, 0.2) is 18.6 Å². The van der Waals surface area contributed by atoms with Crippen molar-refractivity contribution in [2.45, 2.75) is 103 Å². The highest BCUT2D eigenvalue weighted by molar-refractivity contribution is 5.12. The van der Waals surface area contributed by atoms with Crippen LogP contribution in [0.1, 0.15) is 90.7 Å². The molecule has 4 saturated carbocycles. The van der Waals surface area contributed by atoms with Crippen LogP contribution in [0, 0.1) is 40.4 Å². The molecule has 31 heavy (non-hydrogen) atoms. The van der Waals surface area contributed by atoms with E-state index < -0.39 is 5.60 Å². The predicted octanol–water partition coefficient (Wildman–Crippen LogP) is 5.18. The molecule has 0 amide bonds. The molecule has 0 radical (unpaired) electrons. The Labute approximate surface area is 188 Å². The van der Waals surface area contributed by atoms with E-state index in [-0.39, 0.29) is 11.5 Å². The molecule has 1 heterocycles. The summed E-state index contributed by atoms with van der Waals surface area (Å²) in [5, 5.41) is 21.9. The van der Waals surface area contributed by atoms with Crippen molar-refractivity contribution in [3.05, 3.63) is 24.3 Å². The molecule has 0 aromatic carbocycles. The van der Waals surface area contributed by atoms with Crippen LogP contribution in [0.5, 0.6) is 0 Å². The van der Waals surface area contributed by atoms with E-state index in [0.29, 0.717) is 11.3 Å². The summed E-state index contributed by atoms with van der Waals surface area (Å²) in [7, 11) is 0. The molecule has 5 rings (SSSR count). The van der Waals surface area contributed by atoms with Crippen molar-refractivity contribution >= 4 is 0 Å². The van der Waals surface area contributed by atoms with E-state index >= 15 is 0 Å². The Morgan fingerprint density at radius 1 is 1.03 bits per heavy atom. The molecule has 9 atom stereocenters. The first-order valence-corrected chi connectivity index (χ1v) is 12.9. The third-order valence-corrected chi connectivity index (χ3v) is 10.9. The van der Waals surface area contributed by atoms with Crippen LogP contribution in [0.3, 0.4) is 0 Å². The van der Waals surface area contributed by atoms with Gasteiger partial charge in [-0.3, -0.25) is 0 Å². The monoisotopic (exact) mass is 426 g/mol. The van der Waals surface area contributed by atoms with Gasteiger partial charge in [0.2, 0.25) is 0 Å². The number of aryl methyl sites for hydroxylation is 1. The van der Waals surface area contributed by atoms with Crippen LogP contribution in [0.4, 0.5) is 0 Å². The van der Waals surface area contributed by atoms with Gasteiger partial charge < -0.3 is 10.2 Å². The highest BCUT2D eigenvalue weighted by atomic mass is 16.3. The fourth-order valence-corrected chi connectivity index (χ4v) is 9.28. The zero-order valence-corrected chi connectivity index (χ0v) is 19.8. The summed E-state index contributed by atoms with van der Waals surface area (Å²) in [6, 6.07) is 1.97. The van der Waals surface area contributed by atoms with Crippen molar-refractivity contribution in [3.8, 4) is 0 Å². The van der Waals surface area contributed by atoms with Crippen molar-refractivity contribution in [1.82, 2.24) is 9.97 Å². The van der Waals surface area contributed by atoms with E-state index in [9.17, 15) is 10.2 Å². The topological polar surface area (TPSA) is 66.2 Å². The van der Waals surface area contributed by atoms with Gasteiger partial charge in [-0.05, 0) is 124 Å². The number of aliphatic hydroxyl groups excluding tert-OH is 1. The van der Waals surface area contributed by atoms with Crippen LogP contribution < -0.4 is 0 Å². The van der Waals surface area contributed by atoms with Crippen molar-refractivity contribution in [3.63, 3.8) is 0 Å². The minimum Gasteiger partial charge on any atom is -0.393 e. The Kier molecular flexibility index (Phi) is 5.49. The molecule has 0 saturated heterocycles. The first-order valence-electron chi connectivity index (χ1n) is 12.9. The number of hydrogen-bond donors (Lipinski definition) is 2. The van der Waals surface area contributed by atoms with Gasteiger partial charge in [-0.1, -0.05) is 13.8 Å². The molecule has 4 fully saturated rings. The standard InChI is InChI=1S/C27H42N2O2/c1-25-12-9-20(30)16-18(25)4-5-21-22-6-7-24(26(22,2)13-10-23(21)25)27(3,31)14-8-19-11-15-28-17-29-19/h11,15,17-18,20-24,30-31H,4-10,12-14,16H2,1-3H3/t18?,20-,21-,22-,23-,24-,25-,26-,27?/m0/s1. The quantitative estimate of drug-likeness (QED) is 0.696. The van der Waals surface area contributed by atoms with Gasteiger partial charge in [0.1, 0.15) is 6.33 Å². The van der Waals surface area contributed by atoms with E-state index in [1.165, 1.54) is 44.9 Å². The van der Waals surface area contributed by atoms with Gasteiger partial charge >= 0.3 is 0 Å². The summed E-state index contributed by atoms with van der Waals surface area (Å²) >= 11 is 0. The molecule has 0 spiro atoms. The highest BCUT2D eigenvalue weighted by Crippen LogP contribution is 2.68. The summed E-state index contributed by atoms with van der Waals surface area (Å²) < 4.78 is 0. The SMILES string of the molecule is CC(O)(CCc1ccncn1)[C@H]1CC[C@H]2[C@@H]3CCC4C[C@@H](O)CC[C@]4(C)[C@H]3CC[C@]12C. The van der Waals surface area contributed by atoms with E-state index in [2.05, 4.69) is 30.7 Å². The predicted molar refractivity (Wildman–Crippen MR) is 122 cm³/mol. The van der Waals surface area contributed by atoms with Crippen molar-refractivity contribution in [2.24, 2.45) is 40.4 Å². The Balaban J connectivity index is 1.33. The summed E-state index contributed by atoms with van der Waals surface area (Å²) in [6.45, 7) is 7.18. The molecule has 4 aliphatic rings. The average molecular weight is 427 g/mol. The Bertz CT molecular complexity index is 783. The number of rotatable bonds is 4. The van der Waals surface area contributed by atoms with Crippen LogP contribution in [0.2, 0.25) is 0 Å². The Hall–Kier alpha value is -1.00. The maximum absolute atomic E-state index is 11.7. The van der Waals surface area contributed by atoms with Crippen LogP contribution >= 0.6 is 0 Å². The lowest BCUT2D eigenvalue weighted by Crippen LogP contribution is -2.55. The molecule has 1 aromatic heterocycles. The van der Waals surface area contributed by atoms with Crippen LogP contribution in [-0.4, -0.2) is 31.9 Å². The smallest absolute Gasteiger partial charge is 0.115 e. The lowest BCUT2D eigenvalue weighted by molar-refractivity contribution is -0.144. The van der Waals surface area contributed by atoms with E-state index in [0.717, 1.165) is 55.0 Å². The van der Waals surface area contributed by atoms with Crippen molar-refractivity contribution < 1.29 is 10.2 Å². The van der Waals surface area contributed by atoms with Gasteiger partial charge in [0.15, 0.2) is 0 Å². The highest BCUT2D eigenvalue weighted by Gasteiger charge is 2.62. The minimum absolute atomic E-state index is 0.0654. The van der Waals surface area contributed by atoms with E-state index in [1.54, 1.807) is 12.5 Å². The number of hydrogen-bond acceptors (Lipinski definition) is 4. The van der Waals surface area contributed by atoms with Crippen molar-refractivity contribution in [1.29, 1.82) is 0 Å². The third-order valence-electron chi connectivity index (χ3n) is 10.9. The fraction of sp³-hybridized carbons (Fsp3) is 0.852. The molecule has 4 aliphatic carbocycles. The van der Waals surface area contributed by atoms with Gasteiger partial charge in [-0.2, -0.15) is 0 Å². The molecule has 0 bridgehead atoms. The zero-order valence-electron chi connectivity index (χ0n) is 19.8. The third kappa shape index (κ3) is 3.57. The lowest BCUT2D eigenvalue weighted by Gasteiger charge is -2.61. The van der Waals surface area contributed by atoms with E-state index in [4.69, 9.17) is 0 Å². The molecule has 4 nitrogen and oxygen atoms in total. The molecule has 172 valence electrons. The Morgan fingerprint density at radius 2 is 1.81 bits per heavy atom. The zero-order chi connectivity index (χ0) is 21.9. The first-order chi connectivity index (χ1) is 14.7. The molecule has 0 aliphatic heterocycles. The molecule has 2 unspecified atom stereocenters. The van der Waals surface area contributed by atoms with E-state index in [1.807, 2.05) is 6.07 Å². The van der Waals surface area contributed by atoms with Gasteiger partial charge in [0.05, 0.1) is 11.7 Å². The Morgan fingerprint density at radius 3 is 2.58 bits per heavy atom. The number of aromatic nitrogens is 2. The second kappa shape index (κ2) is 7.80. The number of fused-ring (bicyclic) bond motifs is 5. The molecule has 4 heteroatoms. The maximum atomic E-state index is 11.7. The molecular formula is C27H42N2O2. The van der Waals surface area contributed by atoms with Gasteiger partial charge in [0, 0.05) is 11.9 Å². The van der Waals surface area contributed by atoms with Crippen molar-refractivity contribution in [2.75, 3.05) is 0 Å². The van der Waals surface area contributed by atoms with Crippen LogP contribution in [-0.2, 0) is 6.42 Å². The number of aliphatic hydroxyl groups is 2. The van der Waals surface area contributed by atoms with Gasteiger partial charge in [0.25, 0.3) is 0 Å². The maximum Gasteiger partial charge on any atom is 0.115 e.